The Hall–Kier alpha value is -7.98. The maximum atomic E-state index is 2.55. The van der Waals surface area contributed by atoms with Crippen LogP contribution < -0.4 is 20.7 Å². The predicted molar refractivity (Wildman–Crippen MR) is 270 cm³/mol. The molecule has 0 saturated carbocycles. The lowest BCUT2D eigenvalue weighted by molar-refractivity contribution is 1.17. The Kier molecular flexibility index (Phi) is 8.87. The van der Waals surface area contributed by atoms with Crippen molar-refractivity contribution in [2.24, 2.45) is 0 Å². The van der Waals surface area contributed by atoms with E-state index in [0.717, 1.165) is 11.4 Å². The smallest absolute Gasteiger partial charge is 0.180 e. The van der Waals surface area contributed by atoms with E-state index >= 15 is 0 Å². The molecule has 0 amide bonds. The molecule has 12 aromatic rings. The van der Waals surface area contributed by atoms with Gasteiger partial charge in [0, 0.05) is 38.4 Å². The van der Waals surface area contributed by atoms with Crippen molar-refractivity contribution in [3.05, 3.63) is 255 Å². The van der Waals surface area contributed by atoms with Crippen molar-refractivity contribution in [1.29, 1.82) is 0 Å². The van der Waals surface area contributed by atoms with E-state index in [2.05, 4.69) is 264 Å². The fraction of sp³-hybridized carbons (Fsp3) is 0. The van der Waals surface area contributed by atoms with Gasteiger partial charge in [0.2, 0.25) is 0 Å². The highest BCUT2D eigenvalue weighted by Crippen LogP contribution is 2.42. The molecule has 10 aromatic carbocycles. The summed E-state index contributed by atoms with van der Waals surface area (Å²) in [4.78, 5) is 0. The first kappa shape index (κ1) is 36.8. The average Bonchev–Trinajstić information content (AvgIpc) is 3.88. The number of nitrogens with zero attached hydrogens (tertiary/aromatic N) is 2. The molecular weight excluding hydrogens is 777 g/mol. The lowest BCUT2D eigenvalue weighted by Gasteiger charge is -2.36. The lowest BCUT2D eigenvalue weighted by Crippen LogP contribution is -2.75. The van der Waals surface area contributed by atoms with E-state index in [4.69, 9.17) is 0 Å². The van der Waals surface area contributed by atoms with Gasteiger partial charge in [0.15, 0.2) is 8.07 Å². The largest absolute Gasteiger partial charge is 0.309 e. The number of para-hydroxylation sites is 4. The third-order valence-electron chi connectivity index (χ3n) is 13.1. The number of hydrogen-bond donors (Lipinski definition) is 0. The third-order valence-corrected chi connectivity index (χ3v) is 17.9. The van der Waals surface area contributed by atoms with Crippen molar-refractivity contribution in [2.75, 3.05) is 0 Å². The molecule has 0 aliphatic carbocycles. The molecule has 0 spiro atoms. The normalized spacial score (nSPS) is 11.8. The second-order valence-corrected chi connectivity index (χ2v) is 20.2. The molecule has 0 unspecified atom stereocenters. The van der Waals surface area contributed by atoms with Gasteiger partial charge >= 0.3 is 0 Å². The van der Waals surface area contributed by atoms with Crippen molar-refractivity contribution in [3.8, 4) is 33.6 Å². The van der Waals surface area contributed by atoms with Crippen molar-refractivity contribution in [1.82, 2.24) is 9.13 Å². The van der Waals surface area contributed by atoms with E-state index in [0.29, 0.717) is 0 Å². The van der Waals surface area contributed by atoms with Gasteiger partial charge in [-0.3, -0.25) is 0 Å². The Bertz CT molecular complexity index is 3460. The minimum Gasteiger partial charge on any atom is -0.309 e. The molecule has 0 atom stereocenters. The zero-order valence-electron chi connectivity index (χ0n) is 34.6. The Labute approximate surface area is 368 Å². The van der Waals surface area contributed by atoms with Crippen LogP contribution >= 0.6 is 0 Å². The molecule has 0 N–H and O–H groups in total. The van der Waals surface area contributed by atoms with Crippen molar-refractivity contribution >= 4 is 72.4 Å². The maximum absolute atomic E-state index is 2.92. The molecule has 2 nitrogen and oxygen atoms in total. The van der Waals surface area contributed by atoms with E-state index < -0.39 is 8.07 Å². The molecule has 3 heteroatoms. The topological polar surface area (TPSA) is 9.86 Å². The summed E-state index contributed by atoms with van der Waals surface area (Å²) in [7, 11) is -2.92. The van der Waals surface area contributed by atoms with Crippen LogP contribution in [0.4, 0.5) is 0 Å². The molecule has 0 aliphatic heterocycles. The monoisotopic (exact) mass is 818 g/mol. The molecule has 0 radical (unpaired) electrons. The number of rotatable bonds is 8. The number of benzene rings is 10. The fourth-order valence-corrected chi connectivity index (χ4v) is 15.4. The quantitative estimate of drug-likeness (QED) is 0.107. The van der Waals surface area contributed by atoms with Crippen LogP contribution in [0.1, 0.15) is 0 Å². The summed E-state index contributed by atoms with van der Waals surface area (Å²) in [6, 6.07) is 94.4. The SMILES string of the molecule is c1ccc(-c2ccccc2-n2c3ccc(-n4c5ccccc5c5ccccc54)cc3c3cccc(-c4ccccc4[Si](c4ccccc4)(c4ccccc4)c4ccccc4)c32)cc1. The zero-order chi connectivity index (χ0) is 41.7. The van der Waals surface area contributed by atoms with Crippen LogP contribution in [0.5, 0.6) is 0 Å². The van der Waals surface area contributed by atoms with Crippen LogP contribution in [0.15, 0.2) is 255 Å². The summed E-state index contributed by atoms with van der Waals surface area (Å²) in [6.07, 6.45) is 0. The first-order chi connectivity index (χ1) is 31.3. The molecule has 2 heterocycles. The van der Waals surface area contributed by atoms with Crippen molar-refractivity contribution < 1.29 is 0 Å². The summed E-state index contributed by atoms with van der Waals surface area (Å²) >= 11 is 0. The summed E-state index contributed by atoms with van der Waals surface area (Å²) in [5.41, 5.74) is 11.9. The highest BCUT2D eigenvalue weighted by molar-refractivity contribution is 7.20. The second-order valence-electron chi connectivity index (χ2n) is 16.4. The summed E-state index contributed by atoms with van der Waals surface area (Å²) in [6.45, 7) is 0. The maximum Gasteiger partial charge on any atom is 0.180 e. The van der Waals surface area contributed by atoms with Gasteiger partial charge in [-0.2, -0.15) is 0 Å². The Morgan fingerprint density at radius 1 is 0.286 bits per heavy atom. The highest BCUT2D eigenvalue weighted by Gasteiger charge is 2.43. The Morgan fingerprint density at radius 2 is 0.746 bits per heavy atom. The number of hydrogen-bond acceptors (Lipinski definition) is 0. The van der Waals surface area contributed by atoms with E-state index in [1.54, 1.807) is 0 Å². The van der Waals surface area contributed by atoms with Gasteiger partial charge in [-0.15, -0.1) is 0 Å². The molecule has 0 saturated heterocycles. The lowest BCUT2D eigenvalue weighted by atomic mass is 10.0. The van der Waals surface area contributed by atoms with Crippen LogP contribution in [0.3, 0.4) is 0 Å². The molecule has 0 aliphatic rings. The van der Waals surface area contributed by atoms with E-state index in [9.17, 15) is 0 Å². The van der Waals surface area contributed by atoms with Crippen molar-refractivity contribution in [3.63, 3.8) is 0 Å². The van der Waals surface area contributed by atoms with Crippen LogP contribution in [-0.4, -0.2) is 17.2 Å². The standard InChI is InChI=1S/C60H42N2Si/c1-5-22-43(23-6-1)48-30-13-17-36-55(48)62-58-41-40-44(61-56-37-18-14-31-49(56)50-32-15-19-38-57(50)61)42-54(58)53-35-21-34-52(60(53)62)51-33-16-20-39-59(51)63(45-24-7-2-8-25-45,46-26-9-3-10-27-46)47-28-11-4-12-29-47/h1-42H. The van der Waals surface area contributed by atoms with Gasteiger partial charge in [0.05, 0.1) is 27.8 Å². The molecule has 296 valence electrons. The van der Waals surface area contributed by atoms with E-state index in [1.807, 2.05) is 0 Å². The number of fused-ring (bicyclic) bond motifs is 6. The minimum absolute atomic E-state index is 1.14. The van der Waals surface area contributed by atoms with Crippen molar-refractivity contribution in [2.45, 2.75) is 0 Å². The molecule has 0 fully saturated rings. The average molecular weight is 819 g/mol. The molecule has 0 bridgehead atoms. The first-order valence-electron chi connectivity index (χ1n) is 21.8. The summed E-state index contributed by atoms with van der Waals surface area (Å²) < 4.78 is 4.98. The number of aromatic nitrogens is 2. The van der Waals surface area contributed by atoms with E-state index in [-0.39, 0.29) is 0 Å². The predicted octanol–water partition coefficient (Wildman–Crippen LogP) is 12.6. The highest BCUT2D eigenvalue weighted by atomic mass is 28.3. The Morgan fingerprint density at radius 3 is 1.37 bits per heavy atom. The van der Waals surface area contributed by atoms with Gasteiger partial charge in [-0.25, -0.2) is 0 Å². The third kappa shape index (κ3) is 5.78. The van der Waals surface area contributed by atoms with Crippen LogP contribution in [0, 0.1) is 0 Å². The Balaban J connectivity index is 1.21. The van der Waals surface area contributed by atoms with Gasteiger partial charge in [0.1, 0.15) is 0 Å². The molecule has 12 rings (SSSR count). The van der Waals surface area contributed by atoms with E-state index in [1.165, 1.54) is 86.6 Å². The van der Waals surface area contributed by atoms with Gasteiger partial charge < -0.3 is 9.13 Å². The van der Waals surface area contributed by atoms with Crippen LogP contribution in [0.2, 0.25) is 0 Å². The minimum atomic E-state index is -2.92. The van der Waals surface area contributed by atoms with Gasteiger partial charge in [-0.05, 0) is 68.3 Å². The molecule has 63 heavy (non-hydrogen) atoms. The zero-order valence-corrected chi connectivity index (χ0v) is 35.6. The summed E-state index contributed by atoms with van der Waals surface area (Å²) in [5, 5.41) is 10.4. The van der Waals surface area contributed by atoms with Crippen LogP contribution in [0.25, 0.3) is 77.2 Å². The second kappa shape index (κ2) is 15.2. The summed E-state index contributed by atoms with van der Waals surface area (Å²) in [5.74, 6) is 0. The van der Waals surface area contributed by atoms with Gasteiger partial charge in [-0.1, -0.05) is 218 Å². The van der Waals surface area contributed by atoms with Crippen LogP contribution in [-0.2, 0) is 0 Å². The molecular formula is C60H42N2Si. The first-order valence-corrected chi connectivity index (χ1v) is 23.8. The fourth-order valence-electron chi connectivity index (χ4n) is 10.5. The van der Waals surface area contributed by atoms with Gasteiger partial charge in [0.25, 0.3) is 0 Å². The molecule has 2 aromatic heterocycles.